The van der Waals surface area contributed by atoms with Crippen molar-refractivity contribution in [1.82, 2.24) is 4.90 Å². The van der Waals surface area contributed by atoms with Gasteiger partial charge in [-0.2, -0.15) is 0 Å². The maximum absolute atomic E-state index is 13.1. The van der Waals surface area contributed by atoms with Gasteiger partial charge < -0.3 is 10.6 Å². The lowest BCUT2D eigenvalue weighted by Crippen LogP contribution is -2.31. The molecule has 2 N–H and O–H groups in total. The summed E-state index contributed by atoms with van der Waals surface area (Å²) in [6, 6.07) is 4.51. The third-order valence-corrected chi connectivity index (χ3v) is 2.92. The van der Waals surface area contributed by atoms with Gasteiger partial charge in [-0.15, -0.1) is 0 Å². The summed E-state index contributed by atoms with van der Waals surface area (Å²) < 4.78 is 13.1. The summed E-state index contributed by atoms with van der Waals surface area (Å²) in [5.41, 5.74) is 6.77. The molecule has 0 bridgehead atoms. The number of hydrogen-bond acceptors (Lipinski definition) is 2. The van der Waals surface area contributed by atoms with Crippen LogP contribution in [-0.4, -0.2) is 29.9 Å². The number of carbonyl (C=O) groups excluding carboxylic acids is 1. The van der Waals surface area contributed by atoms with Gasteiger partial charge in [0.2, 0.25) is 0 Å². The number of nitrogens with two attached hydrogens (primary N) is 1. The first-order valence-corrected chi connectivity index (χ1v) is 5.39. The normalized spacial score (nSPS) is 20.2. The van der Waals surface area contributed by atoms with Gasteiger partial charge in [-0.3, -0.25) is 4.79 Å². The number of amides is 1. The molecule has 1 saturated heterocycles. The summed E-state index contributed by atoms with van der Waals surface area (Å²) >= 11 is 0. The van der Waals surface area contributed by atoms with E-state index in [9.17, 15) is 9.18 Å². The van der Waals surface area contributed by atoms with Gasteiger partial charge in [0.1, 0.15) is 5.82 Å². The second kappa shape index (κ2) is 4.22. The van der Waals surface area contributed by atoms with Crippen molar-refractivity contribution in [3.8, 4) is 0 Å². The van der Waals surface area contributed by atoms with E-state index in [1.807, 2.05) is 0 Å². The van der Waals surface area contributed by atoms with E-state index in [0.29, 0.717) is 24.2 Å². The minimum absolute atomic E-state index is 0.0592. The highest BCUT2D eigenvalue weighted by molar-refractivity contribution is 5.94. The average Bonchev–Trinajstić information content (AvgIpc) is 2.68. The van der Waals surface area contributed by atoms with Crippen LogP contribution in [0.4, 0.5) is 4.39 Å². The molecule has 2 rings (SSSR count). The van der Waals surface area contributed by atoms with Crippen LogP contribution in [0.1, 0.15) is 22.3 Å². The second-order valence-corrected chi connectivity index (χ2v) is 4.26. The van der Waals surface area contributed by atoms with Crippen LogP contribution in [0.25, 0.3) is 0 Å². The van der Waals surface area contributed by atoms with Crippen molar-refractivity contribution >= 4 is 5.91 Å². The lowest BCUT2D eigenvalue weighted by molar-refractivity contribution is 0.0790. The highest BCUT2D eigenvalue weighted by Crippen LogP contribution is 2.15. The third kappa shape index (κ3) is 2.07. The number of carbonyl (C=O) groups is 1. The fraction of sp³-hybridized carbons (Fsp3) is 0.417. The van der Waals surface area contributed by atoms with E-state index in [2.05, 4.69) is 0 Å². The van der Waals surface area contributed by atoms with E-state index in [4.69, 9.17) is 5.73 Å². The Morgan fingerprint density at radius 1 is 1.56 bits per heavy atom. The van der Waals surface area contributed by atoms with Crippen molar-refractivity contribution in [3.05, 3.63) is 35.1 Å². The smallest absolute Gasteiger partial charge is 0.253 e. The molecular weight excluding hydrogens is 207 g/mol. The first-order chi connectivity index (χ1) is 7.58. The van der Waals surface area contributed by atoms with E-state index in [-0.39, 0.29) is 17.8 Å². The van der Waals surface area contributed by atoms with Gasteiger partial charge in [0.05, 0.1) is 0 Å². The zero-order chi connectivity index (χ0) is 11.7. The molecule has 86 valence electrons. The average molecular weight is 222 g/mol. The van der Waals surface area contributed by atoms with Crippen LogP contribution >= 0.6 is 0 Å². The lowest BCUT2D eigenvalue weighted by Gasteiger charge is -2.16. The highest BCUT2D eigenvalue weighted by atomic mass is 19.1. The van der Waals surface area contributed by atoms with Gasteiger partial charge in [-0.25, -0.2) is 4.39 Å². The molecule has 1 aromatic carbocycles. The van der Waals surface area contributed by atoms with Gasteiger partial charge in [-0.05, 0) is 37.1 Å². The number of nitrogens with zero attached hydrogens (tertiary/aromatic N) is 1. The molecule has 4 heteroatoms. The molecule has 0 saturated carbocycles. The van der Waals surface area contributed by atoms with Crippen LogP contribution in [-0.2, 0) is 0 Å². The van der Waals surface area contributed by atoms with E-state index in [1.54, 1.807) is 17.9 Å². The van der Waals surface area contributed by atoms with Gasteiger partial charge in [0, 0.05) is 24.7 Å². The first kappa shape index (κ1) is 11.1. The van der Waals surface area contributed by atoms with Crippen LogP contribution in [0, 0.1) is 12.7 Å². The molecule has 1 amide bonds. The minimum Gasteiger partial charge on any atom is -0.337 e. The zero-order valence-corrected chi connectivity index (χ0v) is 9.24. The molecule has 1 aliphatic heterocycles. The zero-order valence-electron chi connectivity index (χ0n) is 9.24. The van der Waals surface area contributed by atoms with Crippen LogP contribution in [0.2, 0.25) is 0 Å². The topological polar surface area (TPSA) is 46.3 Å². The number of likely N-dealkylation sites (tertiary alicyclic amines) is 1. The lowest BCUT2D eigenvalue weighted by atomic mass is 10.1. The number of benzene rings is 1. The van der Waals surface area contributed by atoms with Crippen molar-refractivity contribution < 1.29 is 9.18 Å². The Hall–Kier alpha value is -1.42. The van der Waals surface area contributed by atoms with Gasteiger partial charge in [0.25, 0.3) is 5.91 Å². The summed E-state index contributed by atoms with van der Waals surface area (Å²) in [4.78, 5) is 13.7. The van der Waals surface area contributed by atoms with Gasteiger partial charge in [0.15, 0.2) is 0 Å². The number of hydrogen-bond donors (Lipinski definition) is 1. The van der Waals surface area contributed by atoms with Crippen LogP contribution in [0.15, 0.2) is 18.2 Å². The van der Waals surface area contributed by atoms with Gasteiger partial charge in [-0.1, -0.05) is 0 Å². The van der Waals surface area contributed by atoms with Crippen molar-refractivity contribution in [3.63, 3.8) is 0 Å². The molecule has 1 aliphatic rings. The number of rotatable bonds is 1. The highest BCUT2D eigenvalue weighted by Gasteiger charge is 2.24. The maximum Gasteiger partial charge on any atom is 0.253 e. The van der Waals surface area contributed by atoms with E-state index < -0.39 is 0 Å². The van der Waals surface area contributed by atoms with E-state index in [0.717, 1.165) is 6.42 Å². The summed E-state index contributed by atoms with van der Waals surface area (Å²) in [6.07, 6.45) is 0.839. The molecule has 3 nitrogen and oxygen atoms in total. The predicted octanol–water partition coefficient (Wildman–Crippen LogP) is 1.31. The SMILES string of the molecule is Cc1cc(C(=O)N2CC[C@H](N)C2)ccc1F. The van der Waals surface area contributed by atoms with Crippen LogP contribution in [0.5, 0.6) is 0 Å². The molecule has 1 atom stereocenters. The molecule has 0 aliphatic carbocycles. The summed E-state index contributed by atoms with van der Waals surface area (Å²) in [6.45, 7) is 2.94. The molecule has 1 fully saturated rings. The monoisotopic (exact) mass is 222 g/mol. The fourth-order valence-corrected chi connectivity index (χ4v) is 1.93. The summed E-state index contributed by atoms with van der Waals surface area (Å²) in [5.74, 6) is -0.342. The number of halogens is 1. The molecule has 16 heavy (non-hydrogen) atoms. The van der Waals surface area contributed by atoms with E-state index in [1.165, 1.54) is 12.1 Å². The largest absolute Gasteiger partial charge is 0.337 e. The molecule has 0 unspecified atom stereocenters. The first-order valence-electron chi connectivity index (χ1n) is 5.39. The Bertz CT molecular complexity index is 419. The molecule has 0 aromatic heterocycles. The standard InChI is InChI=1S/C12H15FN2O/c1-8-6-9(2-3-11(8)13)12(16)15-5-4-10(14)7-15/h2-3,6,10H,4-5,7,14H2,1H3/t10-/m0/s1. The van der Waals surface area contributed by atoms with Gasteiger partial charge >= 0.3 is 0 Å². The molecule has 1 heterocycles. The maximum atomic E-state index is 13.1. The van der Waals surface area contributed by atoms with Crippen molar-refractivity contribution in [2.24, 2.45) is 5.73 Å². The Morgan fingerprint density at radius 2 is 2.31 bits per heavy atom. The molecular formula is C12H15FN2O. The molecule has 1 aromatic rings. The number of aryl methyl sites for hydroxylation is 1. The fourth-order valence-electron chi connectivity index (χ4n) is 1.93. The predicted molar refractivity (Wildman–Crippen MR) is 59.6 cm³/mol. The summed E-state index contributed by atoms with van der Waals surface area (Å²) in [7, 11) is 0. The quantitative estimate of drug-likeness (QED) is 0.778. The summed E-state index contributed by atoms with van der Waals surface area (Å²) in [5, 5.41) is 0. The molecule has 0 spiro atoms. The Kier molecular flexibility index (Phi) is 2.92. The minimum atomic E-state index is -0.283. The Balaban J connectivity index is 2.18. The van der Waals surface area contributed by atoms with Crippen LogP contribution < -0.4 is 5.73 Å². The van der Waals surface area contributed by atoms with Crippen molar-refractivity contribution in [1.29, 1.82) is 0 Å². The Morgan fingerprint density at radius 3 is 2.88 bits per heavy atom. The third-order valence-electron chi connectivity index (χ3n) is 2.92. The van der Waals surface area contributed by atoms with Crippen molar-refractivity contribution in [2.75, 3.05) is 13.1 Å². The molecule has 0 radical (unpaired) electrons. The second-order valence-electron chi connectivity index (χ2n) is 4.26. The van der Waals surface area contributed by atoms with E-state index >= 15 is 0 Å². The Labute approximate surface area is 94.0 Å². The van der Waals surface area contributed by atoms with Crippen LogP contribution in [0.3, 0.4) is 0 Å². The van der Waals surface area contributed by atoms with Crippen molar-refractivity contribution in [2.45, 2.75) is 19.4 Å².